The first-order valence-electron chi connectivity index (χ1n) is 5.21. The SMILES string of the molecule is Cc1cccc(C=Cc2ccc(N)cc2)n1. The molecule has 0 aliphatic heterocycles. The molecule has 0 amide bonds. The molecule has 2 nitrogen and oxygen atoms in total. The lowest BCUT2D eigenvalue weighted by Crippen LogP contribution is -1.84. The predicted molar refractivity (Wildman–Crippen MR) is 68.8 cm³/mol. The Kier molecular flexibility index (Phi) is 3.01. The fourth-order valence-electron chi connectivity index (χ4n) is 1.45. The number of nitrogens with zero attached hydrogens (tertiary/aromatic N) is 1. The van der Waals surface area contributed by atoms with E-state index in [2.05, 4.69) is 4.98 Å². The average molecular weight is 210 g/mol. The molecule has 0 unspecified atom stereocenters. The van der Waals surface area contributed by atoms with Crippen LogP contribution in [0.15, 0.2) is 42.5 Å². The van der Waals surface area contributed by atoms with E-state index < -0.39 is 0 Å². The van der Waals surface area contributed by atoms with E-state index in [0.717, 1.165) is 22.6 Å². The standard InChI is InChI=1S/C14H14N2/c1-11-3-2-4-14(16-11)10-7-12-5-8-13(15)9-6-12/h2-10H,15H2,1H3. The Balaban J connectivity index is 2.18. The lowest BCUT2D eigenvalue weighted by atomic mass is 10.2. The topological polar surface area (TPSA) is 38.9 Å². The number of hydrogen-bond acceptors (Lipinski definition) is 2. The van der Waals surface area contributed by atoms with Gasteiger partial charge in [0.15, 0.2) is 0 Å². The Morgan fingerprint density at radius 1 is 1.00 bits per heavy atom. The van der Waals surface area contributed by atoms with Crippen LogP contribution < -0.4 is 5.73 Å². The summed E-state index contributed by atoms with van der Waals surface area (Å²) >= 11 is 0. The Labute approximate surface area is 95.5 Å². The quantitative estimate of drug-likeness (QED) is 0.773. The third-order valence-electron chi connectivity index (χ3n) is 2.29. The Hall–Kier alpha value is -2.09. The van der Waals surface area contributed by atoms with Crippen molar-refractivity contribution in [2.24, 2.45) is 0 Å². The molecule has 0 aliphatic carbocycles. The molecule has 0 saturated carbocycles. The largest absolute Gasteiger partial charge is 0.399 e. The van der Waals surface area contributed by atoms with Gasteiger partial charge in [-0.05, 0) is 42.8 Å². The first kappa shape index (κ1) is 10.4. The monoisotopic (exact) mass is 210 g/mol. The van der Waals surface area contributed by atoms with Crippen molar-refractivity contribution < 1.29 is 0 Å². The highest BCUT2D eigenvalue weighted by Crippen LogP contribution is 2.09. The summed E-state index contributed by atoms with van der Waals surface area (Å²) in [7, 11) is 0. The van der Waals surface area contributed by atoms with Gasteiger partial charge in [0.25, 0.3) is 0 Å². The Bertz CT molecular complexity index is 498. The van der Waals surface area contributed by atoms with Crippen LogP contribution in [0.25, 0.3) is 12.2 Å². The van der Waals surface area contributed by atoms with E-state index >= 15 is 0 Å². The van der Waals surface area contributed by atoms with Gasteiger partial charge in [-0.2, -0.15) is 0 Å². The van der Waals surface area contributed by atoms with Crippen LogP contribution in [-0.2, 0) is 0 Å². The Morgan fingerprint density at radius 2 is 1.75 bits per heavy atom. The van der Waals surface area contributed by atoms with Crippen molar-refractivity contribution in [3.8, 4) is 0 Å². The minimum atomic E-state index is 0.783. The van der Waals surface area contributed by atoms with Crippen molar-refractivity contribution in [2.75, 3.05) is 5.73 Å². The van der Waals surface area contributed by atoms with Crippen LogP contribution >= 0.6 is 0 Å². The molecule has 0 fully saturated rings. The summed E-state index contributed by atoms with van der Waals surface area (Å²) in [6.45, 7) is 1.99. The summed E-state index contributed by atoms with van der Waals surface area (Å²) in [4.78, 5) is 4.39. The van der Waals surface area contributed by atoms with Gasteiger partial charge < -0.3 is 5.73 Å². The van der Waals surface area contributed by atoms with Crippen LogP contribution in [0.4, 0.5) is 5.69 Å². The van der Waals surface area contributed by atoms with Crippen LogP contribution in [0.1, 0.15) is 17.0 Å². The minimum Gasteiger partial charge on any atom is -0.399 e. The molecule has 0 atom stereocenters. The maximum Gasteiger partial charge on any atom is 0.0633 e. The van der Waals surface area contributed by atoms with Gasteiger partial charge in [-0.25, -0.2) is 0 Å². The summed E-state index contributed by atoms with van der Waals surface area (Å²) in [5.74, 6) is 0. The van der Waals surface area contributed by atoms with Gasteiger partial charge in [-0.3, -0.25) is 4.98 Å². The first-order valence-corrected chi connectivity index (χ1v) is 5.21. The summed E-state index contributed by atoms with van der Waals surface area (Å²) in [5.41, 5.74) is 9.52. The summed E-state index contributed by atoms with van der Waals surface area (Å²) in [6.07, 6.45) is 4.03. The second kappa shape index (κ2) is 4.62. The van der Waals surface area contributed by atoms with Gasteiger partial charge in [-0.15, -0.1) is 0 Å². The predicted octanol–water partition coefficient (Wildman–Crippen LogP) is 3.14. The molecule has 2 rings (SSSR count). The molecule has 0 bridgehead atoms. The normalized spacial score (nSPS) is 10.8. The molecular weight excluding hydrogens is 196 g/mol. The van der Waals surface area contributed by atoms with Crippen LogP contribution in [0.2, 0.25) is 0 Å². The lowest BCUT2D eigenvalue weighted by molar-refractivity contribution is 1.18. The van der Waals surface area contributed by atoms with Crippen molar-refractivity contribution >= 4 is 17.8 Å². The highest BCUT2D eigenvalue weighted by atomic mass is 14.7. The van der Waals surface area contributed by atoms with E-state index in [1.807, 2.05) is 61.5 Å². The number of nitrogen functional groups attached to an aromatic ring is 1. The molecule has 0 spiro atoms. The zero-order valence-corrected chi connectivity index (χ0v) is 9.22. The highest BCUT2D eigenvalue weighted by Gasteiger charge is 1.90. The van der Waals surface area contributed by atoms with Crippen molar-refractivity contribution in [3.63, 3.8) is 0 Å². The molecule has 2 N–H and O–H groups in total. The zero-order chi connectivity index (χ0) is 11.4. The van der Waals surface area contributed by atoms with Crippen molar-refractivity contribution in [1.82, 2.24) is 4.98 Å². The molecule has 0 aliphatic rings. The summed E-state index contributed by atoms with van der Waals surface area (Å²) < 4.78 is 0. The number of nitrogens with two attached hydrogens (primary N) is 1. The Morgan fingerprint density at radius 3 is 2.44 bits per heavy atom. The third kappa shape index (κ3) is 2.70. The van der Waals surface area contributed by atoms with Gasteiger partial charge in [-0.1, -0.05) is 24.3 Å². The van der Waals surface area contributed by atoms with Gasteiger partial charge in [0, 0.05) is 11.4 Å². The number of aryl methyl sites for hydroxylation is 1. The molecule has 2 aromatic rings. The molecule has 1 heterocycles. The molecule has 1 aromatic heterocycles. The second-order valence-corrected chi connectivity index (χ2v) is 3.70. The molecule has 0 radical (unpaired) electrons. The maximum atomic E-state index is 5.62. The van der Waals surface area contributed by atoms with Gasteiger partial charge in [0.2, 0.25) is 0 Å². The number of benzene rings is 1. The molecule has 16 heavy (non-hydrogen) atoms. The van der Waals surface area contributed by atoms with E-state index in [0.29, 0.717) is 0 Å². The minimum absolute atomic E-state index is 0.783. The van der Waals surface area contributed by atoms with Crippen molar-refractivity contribution in [3.05, 3.63) is 59.4 Å². The maximum absolute atomic E-state index is 5.62. The van der Waals surface area contributed by atoms with Crippen LogP contribution in [-0.4, -0.2) is 4.98 Å². The highest BCUT2D eigenvalue weighted by molar-refractivity contribution is 5.68. The van der Waals surface area contributed by atoms with E-state index in [1.54, 1.807) is 0 Å². The van der Waals surface area contributed by atoms with Crippen LogP contribution in [0.3, 0.4) is 0 Å². The lowest BCUT2D eigenvalue weighted by Gasteiger charge is -1.96. The van der Waals surface area contributed by atoms with E-state index in [1.165, 1.54) is 0 Å². The number of pyridine rings is 1. The second-order valence-electron chi connectivity index (χ2n) is 3.70. The molecule has 1 aromatic carbocycles. The van der Waals surface area contributed by atoms with Gasteiger partial charge in [0.05, 0.1) is 5.69 Å². The number of hydrogen-bond donors (Lipinski definition) is 1. The number of rotatable bonds is 2. The molecule has 0 saturated heterocycles. The van der Waals surface area contributed by atoms with Crippen LogP contribution in [0, 0.1) is 6.92 Å². The van der Waals surface area contributed by atoms with E-state index in [9.17, 15) is 0 Å². The average Bonchev–Trinajstić information content (AvgIpc) is 2.28. The fourth-order valence-corrected chi connectivity index (χ4v) is 1.45. The molecule has 80 valence electrons. The van der Waals surface area contributed by atoms with Crippen LogP contribution in [0.5, 0.6) is 0 Å². The first-order chi connectivity index (χ1) is 7.74. The fraction of sp³-hybridized carbons (Fsp3) is 0.0714. The summed E-state index contributed by atoms with van der Waals surface area (Å²) in [5, 5.41) is 0. The smallest absolute Gasteiger partial charge is 0.0633 e. The number of aromatic nitrogens is 1. The molecule has 2 heteroatoms. The van der Waals surface area contributed by atoms with Gasteiger partial charge in [0.1, 0.15) is 0 Å². The zero-order valence-electron chi connectivity index (χ0n) is 9.22. The number of anilines is 1. The van der Waals surface area contributed by atoms with Crippen molar-refractivity contribution in [2.45, 2.75) is 6.92 Å². The van der Waals surface area contributed by atoms with E-state index in [-0.39, 0.29) is 0 Å². The third-order valence-corrected chi connectivity index (χ3v) is 2.29. The summed E-state index contributed by atoms with van der Waals surface area (Å²) in [6, 6.07) is 13.7. The van der Waals surface area contributed by atoms with E-state index in [4.69, 9.17) is 5.73 Å². The molecular formula is C14H14N2. The van der Waals surface area contributed by atoms with Crippen molar-refractivity contribution in [1.29, 1.82) is 0 Å². The van der Waals surface area contributed by atoms with Gasteiger partial charge >= 0.3 is 0 Å².